The van der Waals surface area contributed by atoms with Gasteiger partial charge in [-0.2, -0.15) is 0 Å². The summed E-state index contributed by atoms with van der Waals surface area (Å²) in [4.78, 5) is 15.8. The highest BCUT2D eigenvalue weighted by atomic mass is 32.1. The molecule has 132 valence electrons. The molecule has 0 aliphatic carbocycles. The molecule has 0 fully saturated rings. The molecule has 1 aliphatic rings. The second kappa shape index (κ2) is 7.98. The molecule has 0 radical (unpaired) electrons. The topological polar surface area (TPSA) is 20.3 Å². The zero-order chi connectivity index (χ0) is 17.8. The third kappa shape index (κ3) is 4.12. The van der Waals surface area contributed by atoms with E-state index in [0.29, 0.717) is 6.42 Å². The minimum absolute atomic E-state index is 0.269. The number of hydrogen-bond acceptors (Lipinski definition) is 3. The maximum atomic E-state index is 12.5. The molecule has 1 aromatic heterocycles. The number of Topliss-reactive ketones (excluding diaryl/α,β-unsaturated/α-hetero) is 1. The van der Waals surface area contributed by atoms with Gasteiger partial charge in [-0.1, -0.05) is 60.2 Å². The van der Waals surface area contributed by atoms with Gasteiger partial charge in [-0.15, -0.1) is 11.3 Å². The Kier molecular flexibility index (Phi) is 5.28. The number of thiophene rings is 1. The van der Waals surface area contributed by atoms with Crippen molar-refractivity contribution in [3.63, 3.8) is 0 Å². The lowest BCUT2D eigenvalue weighted by Crippen LogP contribution is -2.31. The van der Waals surface area contributed by atoms with Crippen LogP contribution in [0.3, 0.4) is 0 Å². The fraction of sp³-hybridized carbons (Fsp3) is 0.261. The maximum Gasteiger partial charge on any atom is 0.174 e. The van der Waals surface area contributed by atoms with Gasteiger partial charge in [-0.25, -0.2) is 0 Å². The Morgan fingerprint density at radius 3 is 2.62 bits per heavy atom. The molecular formula is C23H23NOS. The summed E-state index contributed by atoms with van der Waals surface area (Å²) in [6.45, 7) is 2.86. The molecule has 0 amide bonds. The highest BCUT2D eigenvalue weighted by Crippen LogP contribution is 2.26. The van der Waals surface area contributed by atoms with Crippen molar-refractivity contribution in [1.29, 1.82) is 0 Å². The zero-order valence-electron chi connectivity index (χ0n) is 14.9. The van der Waals surface area contributed by atoms with E-state index in [1.165, 1.54) is 21.2 Å². The third-order valence-electron chi connectivity index (χ3n) is 5.02. The monoisotopic (exact) mass is 361 g/mol. The first-order valence-corrected chi connectivity index (χ1v) is 10.1. The van der Waals surface area contributed by atoms with Crippen LogP contribution in [-0.4, -0.2) is 30.3 Å². The Morgan fingerprint density at radius 1 is 1.04 bits per heavy atom. The lowest BCUT2D eigenvalue weighted by atomic mass is 9.99. The molecule has 0 saturated carbocycles. The van der Waals surface area contributed by atoms with Crippen LogP contribution in [0.4, 0.5) is 0 Å². The van der Waals surface area contributed by atoms with Gasteiger partial charge in [-0.3, -0.25) is 9.69 Å². The highest BCUT2D eigenvalue weighted by Gasteiger charge is 2.15. The molecule has 2 nitrogen and oxygen atoms in total. The van der Waals surface area contributed by atoms with E-state index in [-0.39, 0.29) is 5.78 Å². The molecule has 0 N–H and O–H groups in total. The zero-order valence-corrected chi connectivity index (χ0v) is 15.7. The Balaban J connectivity index is 1.29. The molecule has 3 aromatic rings. The van der Waals surface area contributed by atoms with Crippen molar-refractivity contribution in [2.45, 2.75) is 19.3 Å². The number of ketones is 1. The summed E-state index contributed by atoms with van der Waals surface area (Å²) in [5.41, 5.74) is 2.90. The van der Waals surface area contributed by atoms with Crippen molar-refractivity contribution < 1.29 is 4.79 Å². The van der Waals surface area contributed by atoms with Crippen molar-refractivity contribution in [2.75, 3.05) is 19.6 Å². The summed E-state index contributed by atoms with van der Waals surface area (Å²) in [5, 5.41) is 1.17. The molecule has 0 saturated heterocycles. The van der Waals surface area contributed by atoms with Gasteiger partial charge in [0.15, 0.2) is 5.78 Å². The lowest BCUT2D eigenvalue weighted by Gasteiger charge is -2.26. The number of rotatable bonds is 6. The summed E-state index contributed by atoms with van der Waals surface area (Å²) >= 11 is 1.61. The Hall–Kier alpha value is -2.23. The van der Waals surface area contributed by atoms with Crippen molar-refractivity contribution in [1.82, 2.24) is 4.90 Å². The summed E-state index contributed by atoms with van der Waals surface area (Å²) in [5.74, 6) is 0.269. The van der Waals surface area contributed by atoms with E-state index in [0.717, 1.165) is 37.4 Å². The average Bonchev–Trinajstić information content (AvgIpc) is 3.12. The quantitative estimate of drug-likeness (QED) is 0.436. The number of benzene rings is 2. The molecule has 1 aliphatic heterocycles. The van der Waals surface area contributed by atoms with Gasteiger partial charge in [0.05, 0.1) is 4.88 Å². The van der Waals surface area contributed by atoms with Crippen LogP contribution in [0.15, 0.2) is 72.3 Å². The first-order valence-electron chi connectivity index (χ1n) is 9.24. The number of carbonyl (C=O) groups excluding carboxylic acids is 1. The predicted molar refractivity (Wildman–Crippen MR) is 110 cm³/mol. The van der Waals surface area contributed by atoms with E-state index in [1.54, 1.807) is 11.3 Å². The van der Waals surface area contributed by atoms with Crippen molar-refractivity contribution in [2.24, 2.45) is 0 Å². The Labute approximate surface area is 158 Å². The molecule has 0 spiro atoms. The number of nitrogens with zero attached hydrogens (tertiary/aromatic N) is 1. The van der Waals surface area contributed by atoms with Gasteiger partial charge >= 0.3 is 0 Å². The summed E-state index contributed by atoms with van der Waals surface area (Å²) in [6, 6.07) is 20.9. The van der Waals surface area contributed by atoms with E-state index in [1.807, 2.05) is 18.2 Å². The number of carbonyl (C=O) groups is 1. The smallest absolute Gasteiger partial charge is 0.174 e. The van der Waals surface area contributed by atoms with Crippen molar-refractivity contribution in [3.8, 4) is 0 Å². The lowest BCUT2D eigenvalue weighted by molar-refractivity contribution is 0.0970. The second-order valence-corrected chi connectivity index (χ2v) is 7.98. The maximum absolute atomic E-state index is 12.5. The van der Waals surface area contributed by atoms with Crippen LogP contribution in [0.5, 0.6) is 0 Å². The van der Waals surface area contributed by atoms with Crippen molar-refractivity contribution in [3.05, 3.63) is 82.8 Å². The summed E-state index contributed by atoms with van der Waals surface area (Å²) < 4.78 is 1.20. The highest BCUT2D eigenvalue weighted by molar-refractivity contribution is 7.20. The fourth-order valence-electron chi connectivity index (χ4n) is 3.48. The minimum atomic E-state index is 0.269. The Morgan fingerprint density at radius 2 is 1.85 bits per heavy atom. The molecule has 0 bridgehead atoms. The van der Waals surface area contributed by atoms with Gasteiger partial charge in [0.2, 0.25) is 0 Å². The van der Waals surface area contributed by atoms with E-state index in [4.69, 9.17) is 0 Å². The van der Waals surface area contributed by atoms with Crippen LogP contribution in [-0.2, 0) is 6.42 Å². The predicted octanol–water partition coefficient (Wildman–Crippen LogP) is 5.35. The van der Waals surface area contributed by atoms with Gasteiger partial charge in [-0.05, 0) is 35.9 Å². The molecule has 26 heavy (non-hydrogen) atoms. The molecule has 0 unspecified atom stereocenters. The van der Waals surface area contributed by atoms with E-state index in [9.17, 15) is 4.79 Å². The van der Waals surface area contributed by atoms with Gasteiger partial charge in [0.25, 0.3) is 0 Å². The molecule has 0 atom stereocenters. The van der Waals surface area contributed by atoms with Crippen LogP contribution in [0.2, 0.25) is 0 Å². The normalized spacial score (nSPS) is 15.2. The second-order valence-electron chi connectivity index (χ2n) is 6.90. The van der Waals surface area contributed by atoms with Gasteiger partial charge < -0.3 is 0 Å². The van der Waals surface area contributed by atoms with E-state index < -0.39 is 0 Å². The average molecular weight is 362 g/mol. The third-order valence-corrected chi connectivity index (χ3v) is 6.17. The fourth-order valence-corrected chi connectivity index (χ4v) is 4.51. The van der Waals surface area contributed by atoms with Crippen molar-refractivity contribution >= 4 is 27.2 Å². The van der Waals surface area contributed by atoms with E-state index in [2.05, 4.69) is 53.4 Å². The summed E-state index contributed by atoms with van der Waals surface area (Å²) in [7, 11) is 0. The van der Waals surface area contributed by atoms with Gasteiger partial charge in [0.1, 0.15) is 0 Å². The first-order chi connectivity index (χ1) is 12.8. The van der Waals surface area contributed by atoms with E-state index >= 15 is 0 Å². The molecule has 2 aromatic carbocycles. The Bertz CT molecular complexity index is 893. The molecule has 4 rings (SSSR count). The largest absolute Gasteiger partial charge is 0.299 e. The molecule has 2 heterocycles. The number of hydrogen-bond donors (Lipinski definition) is 0. The molecule has 3 heteroatoms. The number of fused-ring (bicyclic) bond motifs is 1. The SMILES string of the molecule is O=C(CCN1CC=C(Cc2ccccc2)CC1)c1cc2ccccc2s1. The van der Waals surface area contributed by atoms with Crippen LogP contribution < -0.4 is 0 Å². The van der Waals surface area contributed by atoms with Crippen LogP contribution in [0, 0.1) is 0 Å². The first kappa shape index (κ1) is 17.2. The standard InChI is InChI=1S/C23H23NOS/c25-21(23-17-20-8-4-5-9-22(20)26-23)12-15-24-13-10-19(11-14-24)16-18-6-2-1-3-7-18/h1-10,17H,11-16H2. The minimum Gasteiger partial charge on any atom is -0.299 e. The van der Waals surface area contributed by atoms with Crippen LogP contribution >= 0.6 is 11.3 Å². The summed E-state index contributed by atoms with van der Waals surface area (Å²) in [6.07, 6.45) is 5.11. The van der Waals surface area contributed by atoms with Gasteiger partial charge in [0, 0.05) is 30.8 Å². The van der Waals surface area contributed by atoms with Crippen LogP contribution in [0.1, 0.15) is 28.1 Å². The molecular weight excluding hydrogens is 338 g/mol. The van der Waals surface area contributed by atoms with Crippen LogP contribution in [0.25, 0.3) is 10.1 Å².